The number of hydrogen-bond donors (Lipinski definition) is 1. The number of nitrogens with one attached hydrogen (secondary N) is 1. The van der Waals surface area contributed by atoms with Crippen molar-refractivity contribution in [2.24, 2.45) is 5.92 Å². The minimum absolute atomic E-state index is 0.0567. The van der Waals surface area contributed by atoms with E-state index in [-0.39, 0.29) is 11.8 Å². The molecule has 0 unspecified atom stereocenters. The molecule has 5 nitrogen and oxygen atoms in total. The molecule has 1 N–H and O–H groups in total. The molecular weight excluding hydrogens is 296 g/mol. The lowest BCUT2D eigenvalue weighted by Gasteiger charge is -2.06. The van der Waals surface area contributed by atoms with E-state index in [1.807, 2.05) is 23.6 Å². The van der Waals surface area contributed by atoms with Gasteiger partial charge in [0.1, 0.15) is 5.52 Å². The smallest absolute Gasteiger partial charge is 0.230 e. The number of fused-ring (bicyclic) bond motifs is 1. The minimum Gasteiger partial charge on any atom is -0.296 e. The Bertz CT molecular complexity index is 824. The second-order valence-electron chi connectivity index (χ2n) is 5.52. The van der Waals surface area contributed by atoms with Crippen LogP contribution in [0.5, 0.6) is 0 Å². The summed E-state index contributed by atoms with van der Waals surface area (Å²) in [5, 5.41) is 7.17. The van der Waals surface area contributed by atoms with E-state index in [1.54, 1.807) is 17.5 Å². The number of aromatic nitrogens is 3. The summed E-state index contributed by atoms with van der Waals surface area (Å²) in [7, 11) is 0. The molecule has 22 heavy (non-hydrogen) atoms. The molecule has 1 fully saturated rings. The molecule has 3 heterocycles. The molecule has 4 rings (SSSR count). The molecule has 0 aromatic carbocycles. The Morgan fingerprint density at radius 2 is 2.41 bits per heavy atom. The molecular formula is C16H16N4OS. The summed E-state index contributed by atoms with van der Waals surface area (Å²) >= 11 is 1.68. The van der Waals surface area contributed by atoms with Gasteiger partial charge in [0.25, 0.3) is 0 Å². The fraction of sp³-hybridized carbons (Fsp3) is 0.312. The van der Waals surface area contributed by atoms with Crippen LogP contribution in [0.1, 0.15) is 24.8 Å². The maximum Gasteiger partial charge on any atom is 0.230 e. The van der Waals surface area contributed by atoms with Crippen LogP contribution in [0.2, 0.25) is 0 Å². The normalized spacial score (nSPS) is 20.2. The van der Waals surface area contributed by atoms with Crippen LogP contribution in [-0.4, -0.2) is 20.4 Å². The highest BCUT2D eigenvalue weighted by Gasteiger charge is 2.44. The average Bonchev–Trinajstić information content (AvgIpc) is 3.00. The molecule has 1 aliphatic rings. The molecule has 112 valence electrons. The number of amides is 1. The van der Waals surface area contributed by atoms with Crippen LogP contribution in [0.25, 0.3) is 11.2 Å². The van der Waals surface area contributed by atoms with E-state index in [2.05, 4.69) is 32.1 Å². The number of carbonyl (C=O) groups is 1. The van der Waals surface area contributed by atoms with Crippen molar-refractivity contribution in [1.29, 1.82) is 0 Å². The maximum absolute atomic E-state index is 12.4. The number of hydrogen-bond acceptors (Lipinski definition) is 4. The van der Waals surface area contributed by atoms with Gasteiger partial charge in [0.15, 0.2) is 5.65 Å². The summed E-state index contributed by atoms with van der Waals surface area (Å²) < 4.78 is 1.94. The van der Waals surface area contributed by atoms with Crippen LogP contribution >= 0.6 is 11.3 Å². The highest BCUT2D eigenvalue weighted by Crippen LogP contribution is 2.48. The van der Waals surface area contributed by atoms with Gasteiger partial charge in [-0.1, -0.05) is 0 Å². The van der Waals surface area contributed by atoms with Crippen LogP contribution in [0, 0.1) is 5.92 Å². The third kappa shape index (κ3) is 2.20. The Kier molecular flexibility index (Phi) is 3.18. The highest BCUT2D eigenvalue weighted by molar-refractivity contribution is 7.08. The molecule has 3 aromatic heterocycles. The number of nitrogens with zero attached hydrogens (tertiary/aromatic N) is 3. The van der Waals surface area contributed by atoms with Crippen molar-refractivity contribution < 1.29 is 4.79 Å². The van der Waals surface area contributed by atoms with Crippen molar-refractivity contribution in [3.63, 3.8) is 0 Å². The Hall–Kier alpha value is -2.21. The highest BCUT2D eigenvalue weighted by atomic mass is 32.1. The first-order chi connectivity index (χ1) is 10.8. The molecule has 6 heteroatoms. The molecule has 0 aliphatic heterocycles. The maximum atomic E-state index is 12.4. The van der Waals surface area contributed by atoms with Gasteiger partial charge >= 0.3 is 0 Å². The number of carbonyl (C=O) groups excluding carboxylic acids is 1. The van der Waals surface area contributed by atoms with Crippen LogP contribution in [0.15, 0.2) is 35.2 Å². The molecule has 1 aliphatic carbocycles. The van der Waals surface area contributed by atoms with E-state index >= 15 is 0 Å². The zero-order valence-electron chi connectivity index (χ0n) is 12.2. The van der Waals surface area contributed by atoms with E-state index in [0.29, 0.717) is 11.9 Å². The van der Waals surface area contributed by atoms with E-state index in [0.717, 1.165) is 24.1 Å². The fourth-order valence-electron chi connectivity index (χ4n) is 2.90. The number of anilines is 1. The standard InChI is InChI=1S/C16H16N4OS/c1-2-20-14-13(4-3-6-17-14)18-16(20)19-15(21)12-8-11(12)10-5-7-22-9-10/h3-7,9,11-12H,2,8H2,1H3,(H,18,19,21)/t11-,12+/m0/s1. The molecule has 3 aromatic rings. The van der Waals surface area contributed by atoms with Gasteiger partial charge in [0.05, 0.1) is 0 Å². The van der Waals surface area contributed by atoms with Gasteiger partial charge in [-0.05, 0) is 53.8 Å². The third-order valence-corrected chi connectivity index (χ3v) is 4.86. The predicted molar refractivity (Wildman–Crippen MR) is 87.0 cm³/mol. The number of imidazole rings is 1. The first kappa shape index (κ1) is 13.5. The van der Waals surface area contributed by atoms with Crippen LogP contribution < -0.4 is 5.32 Å². The first-order valence-electron chi connectivity index (χ1n) is 7.42. The van der Waals surface area contributed by atoms with Gasteiger partial charge in [-0.25, -0.2) is 9.97 Å². The van der Waals surface area contributed by atoms with Crippen molar-refractivity contribution in [3.05, 3.63) is 40.7 Å². The van der Waals surface area contributed by atoms with Crippen molar-refractivity contribution >= 4 is 34.4 Å². The lowest BCUT2D eigenvalue weighted by Crippen LogP contribution is -2.18. The number of pyridine rings is 1. The van der Waals surface area contributed by atoms with E-state index in [4.69, 9.17) is 0 Å². The quantitative estimate of drug-likeness (QED) is 0.804. The second-order valence-corrected chi connectivity index (χ2v) is 6.30. The topological polar surface area (TPSA) is 59.8 Å². The largest absolute Gasteiger partial charge is 0.296 e. The Morgan fingerprint density at radius 1 is 1.50 bits per heavy atom. The van der Waals surface area contributed by atoms with Crippen molar-refractivity contribution in [2.45, 2.75) is 25.8 Å². The zero-order valence-corrected chi connectivity index (χ0v) is 13.0. The van der Waals surface area contributed by atoms with Crippen molar-refractivity contribution in [3.8, 4) is 0 Å². The van der Waals surface area contributed by atoms with Gasteiger partial charge in [-0.3, -0.25) is 14.7 Å². The van der Waals surface area contributed by atoms with E-state index < -0.39 is 0 Å². The first-order valence-corrected chi connectivity index (χ1v) is 8.36. The average molecular weight is 312 g/mol. The number of thiophene rings is 1. The van der Waals surface area contributed by atoms with Gasteiger partial charge < -0.3 is 0 Å². The lowest BCUT2D eigenvalue weighted by molar-refractivity contribution is -0.117. The summed E-state index contributed by atoms with van der Waals surface area (Å²) in [5.41, 5.74) is 2.89. The zero-order chi connectivity index (χ0) is 15.1. The van der Waals surface area contributed by atoms with Crippen molar-refractivity contribution in [1.82, 2.24) is 14.5 Å². The van der Waals surface area contributed by atoms with Crippen LogP contribution in [0.4, 0.5) is 5.95 Å². The summed E-state index contributed by atoms with van der Waals surface area (Å²) in [6.07, 6.45) is 2.67. The SMILES string of the molecule is CCn1c(NC(=O)[C@@H]2C[C@H]2c2ccsc2)nc2cccnc21. The van der Waals surface area contributed by atoms with E-state index in [1.165, 1.54) is 5.56 Å². The molecule has 1 amide bonds. The fourth-order valence-corrected chi connectivity index (χ4v) is 3.62. The summed E-state index contributed by atoms with van der Waals surface area (Å²) in [5.74, 6) is 1.08. The van der Waals surface area contributed by atoms with Gasteiger partial charge in [0.2, 0.25) is 11.9 Å². The number of rotatable bonds is 4. The summed E-state index contributed by atoms with van der Waals surface area (Å²) in [4.78, 5) is 21.3. The molecule has 0 bridgehead atoms. The monoisotopic (exact) mass is 312 g/mol. The molecule has 0 saturated heterocycles. The lowest BCUT2D eigenvalue weighted by atomic mass is 10.2. The third-order valence-electron chi connectivity index (χ3n) is 4.15. The van der Waals surface area contributed by atoms with Crippen LogP contribution in [-0.2, 0) is 11.3 Å². The molecule has 1 saturated carbocycles. The van der Waals surface area contributed by atoms with Crippen molar-refractivity contribution in [2.75, 3.05) is 5.32 Å². The van der Waals surface area contributed by atoms with Crippen LogP contribution in [0.3, 0.4) is 0 Å². The predicted octanol–water partition coefficient (Wildman–Crippen LogP) is 3.25. The van der Waals surface area contributed by atoms with E-state index in [9.17, 15) is 4.79 Å². The molecule has 0 spiro atoms. The number of aryl methyl sites for hydroxylation is 1. The second kappa shape index (κ2) is 5.21. The summed E-state index contributed by atoms with van der Waals surface area (Å²) in [6.45, 7) is 2.75. The molecule has 0 radical (unpaired) electrons. The Labute approximate surface area is 132 Å². The van der Waals surface area contributed by atoms with Gasteiger partial charge in [0, 0.05) is 18.7 Å². The minimum atomic E-state index is 0.0567. The Balaban J connectivity index is 1.55. The van der Waals surface area contributed by atoms with Gasteiger partial charge in [-0.15, -0.1) is 0 Å². The summed E-state index contributed by atoms with van der Waals surface area (Å²) in [6, 6.07) is 5.87. The van der Waals surface area contributed by atoms with Gasteiger partial charge in [-0.2, -0.15) is 11.3 Å². The molecule has 2 atom stereocenters. The Morgan fingerprint density at radius 3 is 3.18 bits per heavy atom.